The fraction of sp³-hybridized carbons (Fsp3) is 0. The van der Waals surface area contributed by atoms with Crippen LogP contribution in [0.2, 0.25) is 10.0 Å². The number of rotatable bonds is 1. The second-order valence-corrected chi connectivity index (χ2v) is 4.53. The Balaban J connectivity index is 2.57. The molecule has 4 heteroatoms. The molecule has 0 saturated carbocycles. The van der Waals surface area contributed by atoms with Gasteiger partial charge in [-0.15, -0.1) is 11.3 Å². The number of hydrogen-bond acceptors (Lipinski definition) is 2. The first-order valence-electron chi connectivity index (χ1n) is 3.90. The van der Waals surface area contributed by atoms with Crippen molar-refractivity contribution < 1.29 is 5.11 Å². The first-order valence-corrected chi connectivity index (χ1v) is 5.54. The van der Waals surface area contributed by atoms with Crippen molar-refractivity contribution in [2.75, 3.05) is 0 Å². The maximum Gasteiger partial charge on any atom is 0.152 e. The lowest BCUT2D eigenvalue weighted by Crippen LogP contribution is -1.76. The molecule has 1 heterocycles. The third-order valence-corrected chi connectivity index (χ3v) is 3.32. The highest BCUT2D eigenvalue weighted by atomic mass is 35.5. The van der Waals surface area contributed by atoms with Crippen LogP contribution in [0, 0.1) is 0 Å². The minimum absolute atomic E-state index is 0.0614. The zero-order valence-electron chi connectivity index (χ0n) is 7.00. The van der Waals surface area contributed by atoms with Crippen LogP contribution >= 0.6 is 34.5 Å². The van der Waals surface area contributed by atoms with Crippen LogP contribution in [0.1, 0.15) is 0 Å². The van der Waals surface area contributed by atoms with Gasteiger partial charge in [-0.25, -0.2) is 0 Å². The van der Waals surface area contributed by atoms with Crippen LogP contribution in [0.15, 0.2) is 29.6 Å². The summed E-state index contributed by atoms with van der Waals surface area (Å²) < 4.78 is 0. The zero-order chi connectivity index (χ0) is 10.1. The van der Waals surface area contributed by atoms with E-state index in [2.05, 4.69) is 0 Å². The summed E-state index contributed by atoms with van der Waals surface area (Å²) in [6.07, 6.45) is 0. The molecular formula is C10H6Cl2OS. The van der Waals surface area contributed by atoms with Crippen LogP contribution in [-0.4, -0.2) is 5.11 Å². The van der Waals surface area contributed by atoms with Gasteiger partial charge >= 0.3 is 0 Å². The quantitative estimate of drug-likeness (QED) is 0.788. The fourth-order valence-corrected chi connectivity index (χ4v) is 2.35. The minimum Gasteiger partial charge on any atom is -0.505 e. The molecule has 0 bridgehead atoms. The van der Waals surface area contributed by atoms with Gasteiger partial charge in [-0.2, -0.15) is 0 Å². The van der Waals surface area contributed by atoms with Crippen molar-refractivity contribution in [1.29, 1.82) is 0 Å². The lowest BCUT2D eigenvalue weighted by molar-refractivity contribution is 0.476. The number of benzene rings is 1. The molecule has 0 atom stereocenters. The Bertz CT molecular complexity index is 428. The number of hydrogen-bond donors (Lipinski definition) is 1. The number of phenolic OH excluding ortho intramolecular Hbond substituents is 1. The van der Waals surface area contributed by atoms with Gasteiger partial charge in [0.2, 0.25) is 0 Å². The van der Waals surface area contributed by atoms with E-state index in [1.807, 2.05) is 17.5 Å². The topological polar surface area (TPSA) is 20.2 Å². The summed E-state index contributed by atoms with van der Waals surface area (Å²) in [5.74, 6) is -0.0614. The van der Waals surface area contributed by atoms with Crippen LogP contribution in [-0.2, 0) is 0 Å². The van der Waals surface area contributed by atoms with Crippen LogP contribution in [0.4, 0.5) is 0 Å². The summed E-state index contributed by atoms with van der Waals surface area (Å²) in [5.41, 5.74) is 0.924. The SMILES string of the molecule is Oc1c(Cl)cc(-c2cccs2)cc1Cl. The molecule has 0 unspecified atom stereocenters. The highest BCUT2D eigenvalue weighted by Gasteiger charge is 2.08. The Labute approximate surface area is 95.5 Å². The van der Waals surface area contributed by atoms with Gasteiger partial charge in [-0.05, 0) is 29.1 Å². The standard InChI is InChI=1S/C10H6Cl2OS/c11-7-4-6(5-8(12)10(7)13)9-2-1-3-14-9/h1-5,13H. The number of phenols is 1. The summed E-state index contributed by atoms with van der Waals surface area (Å²) in [5, 5.41) is 11.9. The minimum atomic E-state index is -0.0614. The van der Waals surface area contributed by atoms with Gasteiger partial charge in [-0.3, -0.25) is 0 Å². The van der Waals surface area contributed by atoms with Crippen molar-refractivity contribution >= 4 is 34.5 Å². The summed E-state index contributed by atoms with van der Waals surface area (Å²) in [4.78, 5) is 1.08. The van der Waals surface area contributed by atoms with E-state index < -0.39 is 0 Å². The smallest absolute Gasteiger partial charge is 0.152 e. The molecule has 0 aliphatic carbocycles. The third kappa shape index (κ3) is 1.73. The molecule has 0 aliphatic rings. The lowest BCUT2D eigenvalue weighted by Gasteiger charge is -2.03. The summed E-state index contributed by atoms with van der Waals surface area (Å²) in [6.45, 7) is 0. The predicted molar refractivity (Wildman–Crippen MR) is 61.4 cm³/mol. The van der Waals surface area contributed by atoms with Crippen LogP contribution in [0.3, 0.4) is 0 Å². The van der Waals surface area contributed by atoms with E-state index in [9.17, 15) is 5.11 Å². The largest absolute Gasteiger partial charge is 0.505 e. The van der Waals surface area contributed by atoms with E-state index in [0.29, 0.717) is 0 Å². The summed E-state index contributed by atoms with van der Waals surface area (Å²) in [6, 6.07) is 7.33. The zero-order valence-corrected chi connectivity index (χ0v) is 9.33. The molecule has 0 aliphatic heterocycles. The number of aromatic hydroxyl groups is 1. The van der Waals surface area contributed by atoms with Crippen LogP contribution in [0.5, 0.6) is 5.75 Å². The molecule has 72 valence electrons. The molecule has 2 rings (SSSR count). The van der Waals surface area contributed by atoms with E-state index >= 15 is 0 Å². The summed E-state index contributed by atoms with van der Waals surface area (Å²) in [7, 11) is 0. The van der Waals surface area contributed by atoms with E-state index in [-0.39, 0.29) is 15.8 Å². The average molecular weight is 245 g/mol. The van der Waals surface area contributed by atoms with Gasteiger partial charge < -0.3 is 5.11 Å². The van der Waals surface area contributed by atoms with Crippen molar-refractivity contribution in [3.05, 3.63) is 39.7 Å². The predicted octanol–water partition coefficient (Wildman–Crippen LogP) is 4.43. The molecule has 1 aromatic carbocycles. The van der Waals surface area contributed by atoms with E-state index in [4.69, 9.17) is 23.2 Å². The molecule has 0 saturated heterocycles. The molecule has 0 amide bonds. The highest BCUT2D eigenvalue weighted by molar-refractivity contribution is 7.13. The molecule has 1 aromatic heterocycles. The number of halogens is 2. The second-order valence-electron chi connectivity index (χ2n) is 2.77. The van der Waals surface area contributed by atoms with Crippen molar-refractivity contribution in [1.82, 2.24) is 0 Å². The number of thiophene rings is 1. The van der Waals surface area contributed by atoms with Crippen LogP contribution in [0.25, 0.3) is 10.4 Å². The Morgan fingerprint density at radius 1 is 1.14 bits per heavy atom. The highest BCUT2D eigenvalue weighted by Crippen LogP contribution is 2.37. The van der Waals surface area contributed by atoms with E-state index in [0.717, 1.165) is 10.4 Å². The van der Waals surface area contributed by atoms with E-state index in [1.54, 1.807) is 23.5 Å². The van der Waals surface area contributed by atoms with Gasteiger partial charge in [0.15, 0.2) is 5.75 Å². The van der Waals surface area contributed by atoms with Gasteiger partial charge in [-0.1, -0.05) is 29.3 Å². The molecule has 1 nitrogen and oxygen atoms in total. The first kappa shape index (κ1) is 9.84. The van der Waals surface area contributed by atoms with E-state index in [1.165, 1.54) is 0 Å². The molecule has 1 N–H and O–H groups in total. The van der Waals surface area contributed by atoms with Gasteiger partial charge in [0, 0.05) is 4.88 Å². The summed E-state index contributed by atoms with van der Waals surface area (Å²) >= 11 is 13.2. The molecule has 0 fully saturated rings. The Morgan fingerprint density at radius 3 is 2.29 bits per heavy atom. The van der Waals surface area contributed by atoms with Crippen molar-refractivity contribution in [2.45, 2.75) is 0 Å². The van der Waals surface area contributed by atoms with Crippen LogP contribution < -0.4 is 0 Å². The van der Waals surface area contributed by atoms with Crippen molar-refractivity contribution in [2.24, 2.45) is 0 Å². The Morgan fingerprint density at radius 2 is 1.79 bits per heavy atom. The Hall–Kier alpha value is -0.700. The lowest BCUT2D eigenvalue weighted by atomic mass is 10.2. The monoisotopic (exact) mass is 244 g/mol. The van der Waals surface area contributed by atoms with Gasteiger partial charge in [0.25, 0.3) is 0 Å². The van der Waals surface area contributed by atoms with Crippen molar-refractivity contribution in [3.63, 3.8) is 0 Å². The molecule has 0 radical (unpaired) electrons. The first-order chi connectivity index (χ1) is 6.68. The fourth-order valence-electron chi connectivity index (χ4n) is 1.15. The molecule has 14 heavy (non-hydrogen) atoms. The molecular weight excluding hydrogens is 239 g/mol. The molecule has 2 aromatic rings. The average Bonchev–Trinajstić information content (AvgIpc) is 2.66. The van der Waals surface area contributed by atoms with Gasteiger partial charge in [0.05, 0.1) is 10.0 Å². The van der Waals surface area contributed by atoms with Crippen molar-refractivity contribution in [3.8, 4) is 16.2 Å². The second kappa shape index (κ2) is 3.81. The third-order valence-electron chi connectivity index (χ3n) is 1.82. The normalized spacial score (nSPS) is 10.4. The molecule has 0 spiro atoms. The maximum atomic E-state index is 9.37. The Kier molecular flexibility index (Phi) is 2.68. The van der Waals surface area contributed by atoms with Gasteiger partial charge in [0.1, 0.15) is 0 Å². The maximum absolute atomic E-state index is 9.37.